The van der Waals surface area contributed by atoms with Crippen LogP contribution in [0.25, 0.3) is 0 Å². The van der Waals surface area contributed by atoms with Crippen LogP contribution in [0, 0.1) is 0 Å². The molecule has 0 fully saturated rings. The van der Waals surface area contributed by atoms with Crippen LogP contribution in [-0.2, 0) is 9.53 Å². The smallest absolute Gasteiger partial charge is 0.347 e. The third-order valence-corrected chi connectivity index (χ3v) is 2.14. The molecule has 1 rings (SSSR count). The van der Waals surface area contributed by atoms with Crippen molar-refractivity contribution in [2.24, 2.45) is 0 Å². The molecule has 0 aromatic heterocycles. The zero-order valence-electron chi connectivity index (χ0n) is 9.89. The fourth-order valence-electron chi connectivity index (χ4n) is 1.14. The second-order valence-electron chi connectivity index (χ2n) is 3.94. The van der Waals surface area contributed by atoms with Gasteiger partial charge < -0.3 is 14.6 Å². The minimum Gasteiger partial charge on any atom is -0.478 e. The number of methoxy groups -OCH3 is 1. The maximum absolute atomic E-state index is 11.3. The monoisotopic (exact) mass is 238 g/mol. The molecule has 0 heterocycles. The summed E-state index contributed by atoms with van der Waals surface area (Å²) >= 11 is 0. The molecular weight excluding hydrogens is 224 g/mol. The molecule has 0 saturated heterocycles. The average Bonchev–Trinajstić information content (AvgIpc) is 2.27. The van der Waals surface area contributed by atoms with Crippen molar-refractivity contribution in [3.63, 3.8) is 0 Å². The Bertz CT molecular complexity index is 436. The van der Waals surface area contributed by atoms with E-state index in [-0.39, 0.29) is 0 Å². The summed E-state index contributed by atoms with van der Waals surface area (Å²) in [6.45, 7) is 2.86. The number of carboxylic acid groups (broad SMARTS) is 1. The topological polar surface area (TPSA) is 72.8 Å². The molecule has 0 saturated carbocycles. The Morgan fingerprint density at radius 2 is 1.94 bits per heavy atom. The summed E-state index contributed by atoms with van der Waals surface area (Å²) in [6, 6.07) is 6.18. The van der Waals surface area contributed by atoms with Crippen molar-refractivity contribution >= 4 is 11.9 Å². The first-order valence-electron chi connectivity index (χ1n) is 4.97. The highest BCUT2D eigenvalue weighted by molar-refractivity contribution is 5.89. The van der Waals surface area contributed by atoms with Crippen LogP contribution in [0.3, 0.4) is 0 Å². The largest absolute Gasteiger partial charge is 0.478 e. The molecule has 0 radical (unpaired) electrons. The highest BCUT2D eigenvalue weighted by Gasteiger charge is 2.29. The number of aliphatic carboxylic acids is 1. The van der Waals surface area contributed by atoms with E-state index in [2.05, 4.69) is 4.74 Å². The van der Waals surface area contributed by atoms with Crippen molar-refractivity contribution in [3.8, 4) is 5.75 Å². The third-order valence-electron chi connectivity index (χ3n) is 2.14. The second kappa shape index (κ2) is 4.86. The molecule has 92 valence electrons. The van der Waals surface area contributed by atoms with Crippen LogP contribution in [0.5, 0.6) is 5.75 Å². The number of esters is 1. The maximum Gasteiger partial charge on any atom is 0.347 e. The lowest BCUT2D eigenvalue weighted by molar-refractivity contribution is -0.152. The van der Waals surface area contributed by atoms with Crippen molar-refractivity contribution in [1.82, 2.24) is 0 Å². The minimum absolute atomic E-state index is 0.306. The Labute approximate surface area is 99.0 Å². The van der Waals surface area contributed by atoms with Crippen LogP contribution in [0.15, 0.2) is 24.3 Å². The quantitative estimate of drug-likeness (QED) is 0.808. The minimum atomic E-state index is -1.35. The third kappa shape index (κ3) is 3.21. The van der Waals surface area contributed by atoms with Gasteiger partial charge in [0.2, 0.25) is 0 Å². The number of hydrogen-bond donors (Lipinski definition) is 1. The van der Waals surface area contributed by atoms with Gasteiger partial charge in [0.15, 0.2) is 5.60 Å². The number of benzene rings is 1. The average molecular weight is 238 g/mol. The van der Waals surface area contributed by atoms with E-state index in [0.29, 0.717) is 11.3 Å². The van der Waals surface area contributed by atoms with Crippen molar-refractivity contribution in [3.05, 3.63) is 29.8 Å². The lowest BCUT2D eigenvalue weighted by atomic mass is 10.1. The van der Waals surface area contributed by atoms with E-state index in [1.54, 1.807) is 18.2 Å². The van der Waals surface area contributed by atoms with Gasteiger partial charge in [0.1, 0.15) is 5.75 Å². The molecule has 1 N–H and O–H groups in total. The van der Waals surface area contributed by atoms with Gasteiger partial charge in [-0.2, -0.15) is 0 Å². The van der Waals surface area contributed by atoms with Gasteiger partial charge in [0, 0.05) is 0 Å². The lowest BCUT2D eigenvalue weighted by Crippen LogP contribution is -2.37. The van der Waals surface area contributed by atoms with Gasteiger partial charge in [-0.1, -0.05) is 6.07 Å². The Hall–Kier alpha value is -2.04. The Balaban J connectivity index is 2.93. The summed E-state index contributed by atoms with van der Waals surface area (Å²) < 4.78 is 9.85. The first-order chi connectivity index (χ1) is 7.86. The Kier molecular flexibility index (Phi) is 3.73. The van der Waals surface area contributed by atoms with E-state index in [0.717, 1.165) is 0 Å². The van der Waals surface area contributed by atoms with Gasteiger partial charge in [-0.15, -0.1) is 0 Å². The second-order valence-corrected chi connectivity index (χ2v) is 3.94. The van der Waals surface area contributed by atoms with E-state index in [1.807, 2.05) is 0 Å². The Morgan fingerprint density at radius 1 is 1.29 bits per heavy atom. The molecular formula is C12H14O5. The van der Waals surface area contributed by atoms with Crippen LogP contribution in [-0.4, -0.2) is 29.8 Å². The fraction of sp³-hybridized carbons (Fsp3) is 0.333. The molecule has 0 bridgehead atoms. The van der Waals surface area contributed by atoms with Crippen LogP contribution >= 0.6 is 0 Å². The lowest BCUT2D eigenvalue weighted by Gasteiger charge is -2.21. The van der Waals surface area contributed by atoms with Gasteiger partial charge in [0.05, 0.1) is 12.7 Å². The SMILES string of the molecule is COC(=O)c1cccc(OC(C)(C)C(=O)O)c1. The van der Waals surface area contributed by atoms with Gasteiger partial charge in [-0.3, -0.25) is 0 Å². The highest BCUT2D eigenvalue weighted by atomic mass is 16.5. The summed E-state index contributed by atoms with van der Waals surface area (Å²) in [7, 11) is 1.27. The van der Waals surface area contributed by atoms with Gasteiger partial charge in [-0.25, -0.2) is 9.59 Å². The van der Waals surface area contributed by atoms with Crippen LogP contribution < -0.4 is 4.74 Å². The van der Waals surface area contributed by atoms with Crippen molar-refractivity contribution in [2.75, 3.05) is 7.11 Å². The van der Waals surface area contributed by atoms with Crippen LogP contribution in [0.1, 0.15) is 24.2 Å². The maximum atomic E-state index is 11.3. The van der Waals surface area contributed by atoms with E-state index < -0.39 is 17.5 Å². The van der Waals surface area contributed by atoms with Crippen molar-refractivity contribution in [1.29, 1.82) is 0 Å². The molecule has 0 spiro atoms. The van der Waals surface area contributed by atoms with Crippen LogP contribution in [0.2, 0.25) is 0 Å². The zero-order chi connectivity index (χ0) is 13.1. The number of carboxylic acids is 1. The Morgan fingerprint density at radius 3 is 2.47 bits per heavy atom. The summed E-state index contributed by atoms with van der Waals surface area (Å²) in [5.74, 6) is -1.27. The number of rotatable bonds is 4. The zero-order valence-corrected chi connectivity index (χ0v) is 9.89. The number of ether oxygens (including phenoxy) is 2. The molecule has 1 aromatic carbocycles. The van der Waals surface area contributed by atoms with E-state index in [1.165, 1.54) is 27.0 Å². The van der Waals surface area contributed by atoms with Gasteiger partial charge in [0.25, 0.3) is 0 Å². The molecule has 0 aliphatic heterocycles. The summed E-state index contributed by atoms with van der Waals surface area (Å²) in [5, 5.41) is 8.91. The van der Waals surface area contributed by atoms with Crippen LogP contribution in [0.4, 0.5) is 0 Å². The first-order valence-corrected chi connectivity index (χ1v) is 4.97. The molecule has 5 nitrogen and oxygen atoms in total. The van der Waals surface area contributed by atoms with Crippen molar-refractivity contribution < 1.29 is 24.2 Å². The van der Waals surface area contributed by atoms with Gasteiger partial charge >= 0.3 is 11.9 Å². The number of hydrogen-bond acceptors (Lipinski definition) is 4. The summed E-state index contributed by atoms with van der Waals surface area (Å²) in [4.78, 5) is 22.2. The standard InChI is InChI=1S/C12H14O5/c1-12(2,11(14)15)17-9-6-4-5-8(7-9)10(13)16-3/h4-7H,1-3H3,(H,14,15). The first kappa shape index (κ1) is 13.0. The normalized spacial score (nSPS) is 10.8. The molecule has 0 amide bonds. The highest BCUT2D eigenvalue weighted by Crippen LogP contribution is 2.20. The van der Waals surface area contributed by atoms with E-state index in [9.17, 15) is 9.59 Å². The summed E-state index contributed by atoms with van der Waals surface area (Å²) in [5.41, 5.74) is -1.04. The van der Waals surface area contributed by atoms with Crippen molar-refractivity contribution in [2.45, 2.75) is 19.4 Å². The predicted octanol–water partition coefficient (Wildman–Crippen LogP) is 1.72. The van der Waals surface area contributed by atoms with Gasteiger partial charge in [-0.05, 0) is 32.0 Å². The number of carbonyl (C=O) groups excluding carboxylic acids is 1. The number of carbonyl (C=O) groups is 2. The summed E-state index contributed by atoms with van der Waals surface area (Å²) in [6.07, 6.45) is 0. The molecule has 0 aliphatic rings. The molecule has 1 aromatic rings. The fourth-order valence-corrected chi connectivity index (χ4v) is 1.14. The molecule has 0 unspecified atom stereocenters. The predicted molar refractivity (Wildman–Crippen MR) is 60.1 cm³/mol. The molecule has 17 heavy (non-hydrogen) atoms. The molecule has 5 heteroatoms. The molecule has 0 atom stereocenters. The molecule has 0 aliphatic carbocycles. The van der Waals surface area contributed by atoms with E-state index >= 15 is 0 Å². The van der Waals surface area contributed by atoms with E-state index in [4.69, 9.17) is 9.84 Å².